The van der Waals surface area contributed by atoms with E-state index in [0.29, 0.717) is 23.8 Å². The van der Waals surface area contributed by atoms with E-state index in [1.54, 1.807) is 28.6 Å². The number of ether oxygens (including phenoxy) is 1. The molecule has 0 saturated carbocycles. The molecule has 0 spiro atoms. The summed E-state index contributed by atoms with van der Waals surface area (Å²) >= 11 is 0. The van der Waals surface area contributed by atoms with E-state index in [0.717, 1.165) is 12.0 Å². The van der Waals surface area contributed by atoms with Gasteiger partial charge in [0.1, 0.15) is 5.75 Å². The summed E-state index contributed by atoms with van der Waals surface area (Å²) in [6, 6.07) is 14.6. The zero-order chi connectivity index (χ0) is 16.4. The highest BCUT2D eigenvalue weighted by Gasteiger charge is 2.33. The quantitative estimate of drug-likeness (QED) is 0.864. The summed E-state index contributed by atoms with van der Waals surface area (Å²) in [6.07, 6.45) is 0.742. The fraction of sp³-hybridized carbons (Fsp3) is 0.333. The van der Waals surface area contributed by atoms with Crippen molar-refractivity contribution in [3.05, 3.63) is 59.7 Å². The highest BCUT2D eigenvalue weighted by molar-refractivity contribution is 7.89. The zero-order valence-electron chi connectivity index (χ0n) is 13.4. The first-order valence-electron chi connectivity index (χ1n) is 7.84. The standard InChI is InChI=1S/C18H21NO3S/c1-3-22-17-8-10-18(11-9-17)23(20,21)19-13-16-7-5-4-6-15(16)12-14(19)2/h4-11,14H,3,12-13H2,1-2H3. The first kappa shape index (κ1) is 16.0. The number of nitrogens with zero attached hydrogens (tertiary/aromatic N) is 1. The number of benzene rings is 2. The highest BCUT2D eigenvalue weighted by atomic mass is 32.2. The second-order valence-corrected chi connectivity index (χ2v) is 7.67. The Bertz CT molecular complexity index is 784. The molecule has 23 heavy (non-hydrogen) atoms. The van der Waals surface area contributed by atoms with E-state index >= 15 is 0 Å². The van der Waals surface area contributed by atoms with Crippen LogP contribution in [-0.4, -0.2) is 25.4 Å². The summed E-state index contributed by atoms with van der Waals surface area (Å²) in [5, 5.41) is 0. The van der Waals surface area contributed by atoms with Crippen molar-refractivity contribution in [3.8, 4) is 5.75 Å². The lowest BCUT2D eigenvalue weighted by Crippen LogP contribution is -2.42. The molecule has 4 nitrogen and oxygen atoms in total. The average Bonchev–Trinajstić information content (AvgIpc) is 2.55. The lowest BCUT2D eigenvalue weighted by molar-refractivity contribution is 0.309. The van der Waals surface area contributed by atoms with Gasteiger partial charge in [-0.3, -0.25) is 0 Å². The molecule has 0 bridgehead atoms. The molecule has 1 aliphatic rings. The van der Waals surface area contributed by atoms with E-state index in [9.17, 15) is 8.42 Å². The summed E-state index contributed by atoms with van der Waals surface area (Å²) < 4.78 is 32.9. The Morgan fingerprint density at radius 3 is 2.39 bits per heavy atom. The van der Waals surface area contributed by atoms with Crippen LogP contribution in [0.4, 0.5) is 0 Å². The maximum atomic E-state index is 13.0. The normalized spacial score (nSPS) is 18.4. The number of hydrogen-bond donors (Lipinski definition) is 0. The molecule has 0 fully saturated rings. The minimum Gasteiger partial charge on any atom is -0.494 e. The third-order valence-corrected chi connectivity index (χ3v) is 6.17. The van der Waals surface area contributed by atoms with Crippen LogP contribution in [0.1, 0.15) is 25.0 Å². The lowest BCUT2D eigenvalue weighted by Gasteiger charge is -2.33. The SMILES string of the molecule is CCOc1ccc(S(=O)(=O)N2Cc3ccccc3CC2C)cc1. The molecule has 2 aromatic rings. The van der Waals surface area contributed by atoms with Crippen molar-refractivity contribution in [2.45, 2.75) is 37.8 Å². The van der Waals surface area contributed by atoms with Crippen molar-refractivity contribution in [2.75, 3.05) is 6.61 Å². The first-order chi connectivity index (χ1) is 11.0. The monoisotopic (exact) mass is 331 g/mol. The van der Waals surface area contributed by atoms with Crippen LogP contribution in [0.15, 0.2) is 53.4 Å². The Morgan fingerprint density at radius 1 is 1.09 bits per heavy atom. The van der Waals surface area contributed by atoms with Gasteiger partial charge in [0.2, 0.25) is 10.0 Å². The summed E-state index contributed by atoms with van der Waals surface area (Å²) in [5.41, 5.74) is 2.32. The lowest BCUT2D eigenvalue weighted by atomic mass is 9.97. The minimum absolute atomic E-state index is 0.0542. The van der Waals surface area contributed by atoms with Gasteiger partial charge in [0.25, 0.3) is 0 Å². The van der Waals surface area contributed by atoms with Gasteiger partial charge in [-0.15, -0.1) is 0 Å². The summed E-state index contributed by atoms with van der Waals surface area (Å²) in [7, 11) is -3.51. The Labute approximate surface area is 137 Å². The summed E-state index contributed by atoms with van der Waals surface area (Å²) in [5.74, 6) is 0.684. The molecule has 0 aliphatic carbocycles. The van der Waals surface area contributed by atoms with Crippen LogP contribution in [0.5, 0.6) is 5.75 Å². The van der Waals surface area contributed by atoms with Gasteiger partial charge in [-0.2, -0.15) is 4.31 Å². The fourth-order valence-electron chi connectivity index (χ4n) is 2.99. The molecule has 0 amide bonds. The topological polar surface area (TPSA) is 46.6 Å². The van der Waals surface area contributed by atoms with Crippen LogP contribution >= 0.6 is 0 Å². The van der Waals surface area contributed by atoms with Crippen LogP contribution in [0, 0.1) is 0 Å². The van der Waals surface area contributed by atoms with Gasteiger partial charge in [-0.05, 0) is 55.7 Å². The van der Waals surface area contributed by atoms with E-state index in [2.05, 4.69) is 6.07 Å². The van der Waals surface area contributed by atoms with Crippen LogP contribution in [-0.2, 0) is 23.0 Å². The van der Waals surface area contributed by atoms with Crippen molar-refractivity contribution in [1.29, 1.82) is 0 Å². The Balaban J connectivity index is 1.90. The van der Waals surface area contributed by atoms with E-state index in [1.807, 2.05) is 32.0 Å². The van der Waals surface area contributed by atoms with Crippen molar-refractivity contribution in [2.24, 2.45) is 0 Å². The average molecular weight is 331 g/mol. The molecule has 5 heteroatoms. The van der Waals surface area contributed by atoms with Gasteiger partial charge in [0.15, 0.2) is 0 Å². The smallest absolute Gasteiger partial charge is 0.243 e. The van der Waals surface area contributed by atoms with Crippen LogP contribution in [0.25, 0.3) is 0 Å². The Hall–Kier alpha value is -1.85. The summed E-state index contributed by atoms with van der Waals surface area (Å²) in [4.78, 5) is 0.312. The van der Waals surface area contributed by atoms with Crippen LogP contribution < -0.4 is 4.74 Å². The largest absolute Gasteiger partial charge is 0.494 e. The molecule has 0 N–H and O–H groups in total. The molecule has 0 radical (unpaired) electrons. The van der Waals surface area contributed by atoms with Crippen molar-refractivity contribution in [1.82, 2.24) is 4.31 Å². The molecule has 2 aromatic carbocycles. The number of sulfonamides is 1. The van der Waals surface area contributed by atoms with Crippen molar-refractivity contribution >= 4 is 10.0 Å². The molecule has 1 unspecified atom stereocenters. The molecule has 0 saturated heterocycles. The molecule has 0 aromatic heterocycles. The maximum Gasteiger partial charge on any atom is 0.243 e. The van der Waals surface area contributed by atoms with Gasteiger partial charge in [-0.25, -0.2) is 8.42 Å². The molecule has 1 atom stereocenters. The number of hydrogen-bond acceptors (Lipinski definition) is 3. The molecule has 1 aliphatic heterocycles. The molecule has 1 heterocycles. The van der Waals surface area contributed by atoms with Crippen LogP contribution in [0.2, 0.25) is 0 Å². The van der Waals surface area contributed by atoms with E-state index in [1.165, 1.54) is 5.56 Å². The number of fused-ring (bicyclic) bond motifs is 1. The third-order valence-electron chi connectivity index (χ3n) is 4.19. The zero-order valence-corrected chi connectivity index (χ0v) is 14.2. The molecule has 3 rings (SSSR count). The Morgan fingerprint density at radius 2 is 1.74 bits per heavy atom. The second kappa shape index (κ2) is 6.34. The van der Waals surface area contributed by atoms with Gasteiger partial charge < -0.3 is 4.74 Å². The maximum absolute atomic E-state index is 13.0. The van der Waals surface area contributed by atoms with E-state index in [-0.39, 0.29) is 6.04 Å². The van der Waals surface area contributed by atoms with Crippen LogP contribution in [0.3, 0.4) is 0 Å². The van der Waals surface area contributed by atoms with Crippen molar-refractivity contribution in [3.63, 3.8) is 0 Å². The predicted molar refractivity (Wildman–Crippen MR) is 89.9 cm³/mol. The highest BCUT2D eigenvalue weighted by Crippen LogP contribution is 2.29. The fourth-order valence-corrected chi connectivity index (χ4v) is 4.59. The van der Waals surface area contributed by atoms with E-state index in [4.69, 9.17) is 4.74 Å². The van der Waals surface area contributed by atoms with Gasteiger partial charge in [0.05, 0.1) is 11.5 Å². The van der Waals surface area contributed by atoms with Gasteiger partial charge >= 0.3 is 0 Å². The van der Waals surface area contributed by atoms with Gasteiger partial charge in [-0.1, -0.05) is 24.3 Å². The number of rotatable bonds is 4. The first-order valence-corrected chi connectivity index (χ1v) is 9.28. The molecular weight excluding hydrogens is 310 g/mol. The molecular formula is C18H21NO3S. The Kier molecular flexibility index (Phi) is 4.41. The summed E-state index contributed by atoms with van der Waals surface area (Å²) in [6.45, 7) is 4.85. The minimum atomic E-state index is -3.51. The van der Waals surface area contributed by atoms with Gasteiger partial charge in [0, 0.05) is 12.6 Å². The van der Waals surface area contributed by atoms with E-state index < -0.39 is 10.0 Å². The van der Waals surface area contributed by atoms with Crippen molar-refractivity contribution < 1.29 is 13.2 Å². The second-order valence-electron chi connectivity index (χ2n) is 5.78. The predicted octanol–water partition coefficient (Wildman–Crippen LogP) is 3.22. The molecule has 122 valence electrons. The third kappa shape index (κ3) is 3.12.